The van der Waals surface area contributed by atoms with Crippen molar-refractivity contribution in [2.75, 3.05) is 0 Å². The first-order valence-corrected chi connectivity index (χ1v) is 6.29. The number of hydrogen-bond donors (Lipinski definition) is 2. The summed E-state index contributed by atoms with van der Waals surface area (Å²) in [5, 5.41) is 9.38. The normalized spacial score (nSPS) is 12.2. The van der Waals surface area contributed by atoms with Crippen molar-refractivity contribution in [3.63, 3.8) is 0 Å². The first-order chi connectivity index (χ1) is 9.11. The average molecular weight is 255 g/mol. The second-order valence-corrected chi connectivity index (χ2v) is 4.42. The van der Waals surface area contributed by atoms with Gasteiger partial charge in [0.25, 0.3) is 0 Å². The molecular weight excluding hydrogens is 238 g/mol. The van der Waals surface area contributed by atoms with Crippen LogP contribution in [0.25, 0.3) is 11.1 Å². The molecule has 98 valence electrons. The third-order valence-electron chi connectivity index (χ3n) is 3.09. The van der Waals surface area contributed by atoms with Crippen molar-refractivity contribution in [1.82, 2.24) is 0 Å². The number of rotatable bonds is 4. The van der Waals surface area contributed by atoms with Crippen LogP contribution in [0.1, 0.15) is 35.5 Å². The largest absolute Gasteiger partial charge is 0.375 e. The number of nitrogens with two attached hydrogens (primary N) is 1. The number of carbonyl (C=O) groups excluding carboxylic acids is 1. The quantitative estimate of drug-likeness (QED) is 0.652. The van der Waals surface area contributed by atoms with Gasteiger partial charge in [-0.05, 0) is 22.8 Å². The van der Waals surface area contributed by atoms with Gasteiger partial charge in [0.1, 0.15) is 6.23 Å². The van der Waals surface area contributed by atoms with Crippen molar-refractivity contribution in [3.05, 3.63) is 59.7 Å². The van der Waals surface area contributed by atoms with E-state index in [2.05, 4.69) is 0 Å². The van der Waals surface area contributed by atoms with E-state index in [0.29, 0.717) is 12.0 Å². The summed E-state index contributed by atoms with van der Waals surface area (Å²) in [6.45, 7) is 1.85. The fourth-order valence-corrected chi connectivity index (χ4v) is 1.95. The molecule has 19 heavy (non-hydrogen) atoms. The number of benzene rings is 2. The fourth-order valence-electron chi connectivity index (χ4n) is 1.95. The lowest BCUT2D eigenvalue weighted by Crippen LogP contribution is -2.08. The summed E-state index contributed by atoms with van der Waals surface area (Å²) >= 11 is 0. The van der Waals surface area contributed by atoms with Gasteiger partial charge in [-0.2, -0.15) is 0 Å². The van der Waals surface area contributed by atoms with Gasteiger partial charge in [0.2, 0.25) is 0 Å². The molecule has 0 heterocycles. The lowest BCUT2D eigenvalue weighted by atomic mass is 10.00. The van der Waals surface area contributed by atoms with Gasteiger partial charge in [0, 0.05) is 12.0 Å². The Morgan fingerprint density at radius 2 is 1.84 bits per heavy atom. The standard InChI is InChI=1S/C16H17NO2/c1-2-15(18)12-8-6-11(7-9-12)13-4-3-5-14(10-13)16(17)19/h3-10,16,19H,2,17H2,1H3. The molecule has 0 saturated carbocycles. The van der Waals surface area contributed by atoms with Crippen LogP contribution in [0.2, 0.25) is 0 Å². The summed E-state index contributed by atoms with van der Waals surface area (Å²) < 4.78 is 0. The van der Waals surface area contributed by atoms with Gasteiger partial charge >= 0.3 is 0 Å². The highest BCUT2D eigenvalue weighted by molar-refractivity contribution is 5.96. The van der Waals surface area contributed by atoms with E-state index in [1.165, 1.54) is 0 Å². The lowest BCUT2D eigenvalue weighted by molar-refractivity contribution is 0.0988. The van der Waals surface area contributed by atoms with Gasteiger partial charge in [0.05, 0.1) is 0 Å². The van der Waals surface area contributed by atoms with Crippen LogP contribution in [0.5, 0.6) is 0 Å². The number of ketones is 1. The Morgan fingerprint density at radius 1 is 1.16 bits per heavy atom. The summed E-state index contributed by atoms with van der Waals surface area (Å²) in [5.41, 5.74) is 8.81. The molecule has 2 rings (SSSR count). The molecule has 3 nitrogen and oxygen atoms in total. The zero-order valence-corrected chi connectivity index (χ0v) is 10.8. The number of aliphatic hydroxyl groups is 1. The molecule has 2 aromatic carbocycles. The molecule has 1 unspecified atom stereocenters. The third kappa shape index (κ3) is 3.08. The van der Waals surface area contributed by atoms with Crippen LogP contribution in [0.15, 0.2) is 48.5 Å². The maximum Gasteiger partial charge on any atom is 0.162 e. The van der Waals surface area contributed by atoms with Crippen LogP contribution in [0.4, 0.5) is 0 Å². The Kier molecular flexibility index (Phi) is 4.10. The highest BCUT2D eigenvalue weighted by Gasteiger charge is 2.05. The van der Waals surface area contributed by atoms with Crippen molar-refractivity contribution in [2.24, 2.45) is 5.73 Å². The molecule has 1 atom stereocenters. The highest BCUT2D eigenvalue weighted by atomic mass is 16.3. The number of carbonyl (C=O) groups is 1. The van der Waals surface area contributed by atoms with Crippen molar-refractivity contribution in [2.45, 2.75) is 19.6 Å². The predicted octanol–water partition coefficient (Wildman–Crippen LogP) is 2.90. The molecule has 3 N–H and O–H groups in total. The second-order valence-electron chi connectivity index (χ2n) is 4.42. The Hall–Kier alpha value is -1.97. The van der Waals surface area contributed by atoms with Crippen molar-refractivity contribution in [3.8, 4) is 11.1 Å². The minimum Gasteiger partial charge on any atom is -0.375 e. The number of hydrogen-bond acceptors (Lipinski definition) is 3. The van der Waals surface area contributed by atoms with Crippen LogP contribution < -0.4 is 5.73 Å². The smallest absolute Gasteiger partial charge is 0.162 e. The van der Waals surface area contributed by atoms with E-state index in [0.717, 1.165) is 16.7 Å². The molecule has 0 amide bonds. The van der Waals surface area contributed by atoms with Crippen LogP contribution in [0, 0.1) is 0 Å². The van der Waals surface area contributed by atoms with Gasteiger partial charge < -0.3 is 10.8 Å². The summed E-state index contributed by atoms with van der Waals surface area (Å²) in [6, 6.07) is 14.9. The van der Waals surface area contributed by atoms with Gasteiger partial charge in [0.15, 0.2) is 5.78 Å². The van der Waals surface area contributed by atoms with Crippen molar-refractivity contribution >= 4 is 5.78 Å². The van der Waals surface area contributed by atoms with Crippen LogP contribution in [0.3, 0.4) is 0 Å². The van der Waals surface area contributed by atoms with Gasteiger partial charge in [-0.15, -0.1) is 0 Å². The molecule has 0 saturated heterocycles. The Balaban J connectivity index is 2.32. The van der Waals surface area contributed by atoms with E-state index in [1.807, 2.05) is 49.4 Å². The van der Waals surface area contributed by atoms with Crippen LogP contribution >= 0.6 is 0 Å². The van der Waals surface area contributed by atoms with E-state index >= 15 is 0 Å². The minimum absolute atomic E-state index is 0.137. The van der Waals surface area contributed by atoms with E-state index in [-0.39, 0.29) is 5.78 Å². The Labute approximate surface area is 112 Å². The molecule has 0 aliphatic carbocycles. The van der Waals surface area contributed by atoms with E-state index < -0.39 is 6.23 Å². The molecule has 0 radical (unpaired) electrons. The van der Waals surface area contributed by atoms with Crippen LogP contribution in [-0.2, 0) is 0 Å². The molecule has 3 heteroatoms. The summed E-state index contributed by atoms with van der Waals surface area (Å²) in [6.07, 6.45) is -0.463. The highest BCUT2D eigenvalue weighted by Crippen LogP contribution is 2.22. The monoisotopic (exact) mass is 255 g/mol. The zero-order valence-electron chi connectivity index (χ0n) is 10.8. The minimum atomic E-state index is -0.971. The van der Waals surface area contributed by atoms with Gasteiger partial charge in [-0.3, -0.25) is 4.79 Å². The summed E-state index contributed by atoms with van der Waals surface area (Å²) in [4.78, 5) is 11.6. The zero-order chi connectivity index (χ0) is 13.8. The number of Topliss-reactive ketones (excluding diaryl/α,β-unsaturated/α-hetero) is 1. The van der Waals surface area contributed by atoms with Gasteiger partial charge in [-0.1, -0.05) is 49.4 Å². The maximum atomic E-state index is 11.6. The van der Waals surface area contributed by atoms with Crippen molar-refractivity contribution < 1.29 is 9.90 Å². The molecule has 0 aromatic heterocycles. The Bertz CT molecular complexity index is 574. The second kappa shape index (κ2) is 5.78. The van der Waals surface area contributed by atoms with E-state index in [9.17, 15) is 9.90 Å². The molecule has 0 aliphatic rings. The summed E-state index contributed by atoms with van der Waals surface area (Å²) in [5.74, 6) is 0.137. The van der Waals surface area contributed by atoms with Crippen molar-refractivity contribution in [1.29, 1.82) is 0 Å². The number of aliphatic hydroxyl groups excluding tert-OH is 1. The molecule has 0 fully saturated rings. The molecule has 0 spiro atoms. The first-order valence-electron chi connectivity index (χ1n) is 6.29. The molecule has 2 aromatic rings. The topological polar surface area (TPSA) is 63.3 Å². The fraction of sp³-hybridized carbons (Fsp3) is 0.188. The lowest BCUT2D eigenvalue weighted by Gasteiger charge is -2.08. The Morgan fingerprint density at radius 3 is 2.42 bits per heavy atom. The predicted molar refractivity (Wildman–Crippen MR) is 75.6 cm³/mol. The first kappa shape index (κ1) is 13.5. The maximum absolute atomic E-state index is 11.6. The molecule has 0 bridgehead atoms. The van der Waals surface area contributed by atoms with Crippen LogP contribution in [-0.4, -0.2) is 10.9 Å². The van der Waals surface area contributed by atoms with E-state index in [1.54, 1.807) is 6.07 Å². The SMILES string of the molecule is CCC(=O)c1ccc(-c2cccc(C(N)O)c2)cc1. The summed E-state index contributed by atoms with van der Waals surface area (Å²) in [7, 11) is 0. The third-order valence-corrected chi connectivity index (χ3v) is 3.09. The molecule has 0 aliphatic heterocycles. The van der Waals surface area contributed by atoms with Gasteiger partial charge in [-0.25, -0.2) is 0 Å². The molecular formula is C16H17NO2. The average Bonchev–Trinajstić information content (AvgIpc) is 2.46. The van der Waals surface area contributed by atoms with E-state index in [4.69, 9.17) is 5.73 Å².